The van der Waals surface area contributed by atoms with Crippen molar-refractivity contribution < 1.29 is 9.47 Å². The van der Waals surface area contributed by atoms with Crippen molar-refractivity contribution >= 4 is 17.3 Å². The Bertz CT molecular complexity index is 746. The Hall–Kier alpha value is -1.79. The first kappa shape index (κ1) is 20.9. The molecule has 1 aliphatic rings. The van der Waals surface area contributed by atoms with Crippen LogP contribution in [0.4, 0.5) is 5.69 Å². The molecule has 0 saturated carbocycles. The molecule has 0 radical (unpaired) electrons. The summed E-state index contributed by atoms with van der Waals surface area (Å²) < 4.78 is 10.9. The topological polar surface area (TPSA) is 37.0 Å². The summed E-state index contributed by atoms with van der Waals surface area (Å²) in [6.07, 6.45) is 0. The quantitative estimate of drug-likeness (QED) is 0.729. The van der Waals surface area contributed by atoms with Gasteiger partial charge in [-0.25, -0.2) is 0 Å². The smallest absolute Gasteiger partial charge is 0.118 e. The highest BCUT2D eigenvalue weighted by Crippen LogP contribution is 2.27. The molecule has 0 spiro atoms. The van der Waals surface area contributed by atoms with Gasteiger partial charge in [0, 0.05) is 62.6 Å². The van der Waals surface area contributed by atoms with E-state index in [1.807, 2.05) is 38.4 Å². The lowest BCUT2D eigenvalue weighted by atomic mass is 10.0. The van der Waals surface area contributed by atoms with Crippen LogP contribution in [0.3, 0.4) is 0 Å². The first-order chi connectivity index (χ1) is 13.6. The van der Waals surface area contributed by atoms with Crippen LogP contribution in [0.2, 0.25) is 5.02 Å². The number of ether oxygens (including phenoxy) is 2. The average Bonchev–Trinajstić information content (AvgIpc) is 2.73. The average molecular weight is 404 g/mol. The minimum atomic E-state index is 0.278. The van der Waals surface area contributed by atoms with E-state index in [4.69, 9.17) is 21.1 Å². The van der Waals surface area contributed by atoms with Crippen LogP contribution >= 0.6 is 11.6 Å². The zero-order valence-electron chi connectivity index (χ0n) is 17.0. The van der Waals surface area contributed by atoms with Gasteiger partial charge in [-0.3, -0.25) is 4.90 Å². The summed E-state index contributed by atoms with van der Waals surface area (Å²) in [6, 6.07) is 14.7. The summed E-state index contributed by atoms with van der Waals surface area (Å²) >= 11 is 6.48. The van der Waals surface area contributed by atoms with Gasteiger partial charge in [-0.05, 0) is 29.8 Å². The SMILES string of the molecule is COc1ccc([C@H](CNCc2c(Cl)cccc2N(C)C)N2CCOCC2)cc1. The Balaban J connectivity index is 1.73. The van der Waals surface area contributed by atoms with Crippen LogP contribution in [-0.4, -0.2) is 59.0 Å². The van der Waals surface area contributed by atoms with E-state index in [9.17, 15) is 0 Å². The van der Waals surface area contributed by atoms with Crippen molar-refractivity contribution in [1.82, 2.24) is 10.2 Å². The van der Waals surface area contributed by atoms with Gasteiger partial charge >= 0.3 is 0 Å². The third-order valence-corrected chi connectivity index (χ3v) is 5.56. The van der Waals surface area contributed by atoms with Crippen molar-refractivity contribution in [3.8, 4) is 5.75 Å². The molecule has 2 aromatic carbocycles. The molecule has 1 atom stereocenters. The lowest BCUT2D eigenvalue weighted by Gasteiger charge is -2.35. The van der Waals surface area contributed by atoms with E-state index < -0.39 is 0 Å². The molecule has 0 aliphatic carbocycles. The second kappa shape index (κ2) is 10.1. The summed E-state index contributed by atoms with van der Waals surface area (Å²) in [5.41, 5.74) is 3.55. The number of nitrogens with one attached hydrogen (secondary N) is 1. The number of nitrogens with zero attached hydrogens (tertiary/aromatic N) is 2. The zero-order valence-corrected chi connectivity index (χ0v) is 17.7. The number of rotatable bonds is 8. The summed E-state index contributed by atoms with van der Waals surface area (Å²) in [6.45, 7) is 5.00. The Labute approximate surface area is 173 Å². The fourth-order valence-corrected chi connectivity index (χ4v) is 3.88. The third kappa shape index (κ3) is 5.17. The molecule has 0 aromatic heterocycles. The number of benzene rings is 2. The van der Waals surface area contributed by atoms with E-state index in [1.165, 1.54) is 5.56 Å². The maximum atomic E-state index is 6.48. The van der Waals surface area contributed by atoms with Crippen molar-refractivity contribution in [2.45, 2.75) is 12.6 Å². The number of anilines is 1. The number of hydrogen-bond acceptors (Lipinski definition) is 5. The predicted molar refractivity (Wildman–Crippen MR) is 116 cm³/mol. The lowest BCUT2D eigenvalue weighted by molar-refractivity contribution is 0.0161. The van der Waals surface area contributed by atoms with E-state index in [-0.39, 0.29) is 6.04 Å². The molecule has 2 aromatic rings. The van der Waals surface area contributed by atoms with E-state index in [0.29, 0.717) is 0 Å². The Morgan fingerprint density at radius 3 is 2.50 bits per heavy atom. The van der Waals surface area contributed by atoms with Crippen molar-refractivity contribution in [2.24, 2.45) is 0 Å². The fraction of sp³-hybridized carbons (Fsp3) is 0.455. The van der Waals surface area contributed by atoms with Gasteiger partial charge in [-0.15, -0.1) is 0 Å². The minimum Gasteiger partial charge on any atom is -0.497 e. The van der Waals surface area contributed by atoms with Gasteiger partial charge in [0.25, 0.3) is 0 Å². The van der Waals surface area contributed by atoms with Gasteiger partial charge in [-0.1, -0.05) is 29.8 Å². The van der Waals surface area contributed by atoms with Gasteiger partial charge < -0.3 is 19.7 Å². The summed E-state index contributed by atoms with van der Waals surface area (Å²) in [5, 5.41) is 4.43. The largest absolute Gasteiger partial charge is 0.497 e. The summed E-state index contributed by atoms with van der Waals surface area (Å²) in [7, 11) is 5.79. The van der Waals surface area contributed by atoms with E-state index in [1.54, 1.807) is 7.11 Å². The fourth-order valence-electron chi connectivity index (χ4n) is 3.65. The standard InChI is InChI=1S/C22H30ClN3O2/c1-25(2)21-6-4-5-20(23)19(21)15-24-16-22(26-11-13-28-14-12-26)17-7-9-18(27-3)10-8-17/h4-10,22,24H,11-16H2,1-3H3/t22-/m0/s1. The molecule has 28 heavy (non-hydrogen) atoms. The molecule has 1 saturated heterocycles. The van der Waals surface area contributed by atoms with Crippen LogP contribution in [0.15, 0.2) is 42.5 Å². The normalized spacial score (nSPS) is 16.0. The van der Waals surface area contributed by atoms with Gasteiger partial charge in [0.15, 0.2) is 0 Å². The lowest BCUT2D eigenvalue weighted by Crippen LogP contribution is -2.42. The molecule has 1 heterocycles. The van der Waals surface area contributed by atoms with Crippen molar-refractivity contribution in [3.05, 3.63) is 58.6 Å². The van der Waals surface area contributed by atoms with Crippen molar-refractivity contribution in [3.63, 3.8) is 0 Å². The number of methoxy groups -OCH3 is 1. The second-order valence-electron chi connectivity index (χ2n) is 7.20. The molecule has 5 nitrogen and oxygen atoms in total. The maximum absolute atomic E-state index is 6.48. The van der Waals surface area contributed by atoms with Crippen LogP contribution in [0.1, 0.15) is 17.2 Å². The highest BCUT2D eigenvalue weighted by atomic mass is 35.5. The van der Waals surface area contributed by atoms with Crippen LogP contribution in [0.5, 0.6) is 5.75 Å². The highest BCUT2D eigenvalue weighted by molar-refractivity contribution is 6.31. The van der Waals surface area contributed by atoms with E-state index in [0.717, 1.165) is 61.4 Å². The Morgan fingerprint density at radius 2 is 1.86 bits per heavy atom. The minimum absolute atomic E-state index is 0.278. The molecule has 1 fully saturated rings. The Morgan fingerprint density at radius 1 is 1.14 bits per heavy atom. The van der Waals surface area contributed by atoms with E-state index in [2.05, 4.69) is 33.3 Å². The molecular formula is C22H30ClN3O2. The molecule has 0 bridgehead atoms. The van der Waals surface area contributed by atoms with Crippen molar-refractivity contribution in [1.29, 1.82) is 0 Å². The maximum Gasteiger partial charge on any atom is 0.118 e. The van der Waals surface area contributed by atoms with Crippen LogP contribution < -0.4 is 15.0 Å². The monoisotopic (exact) mass is 403 g/mol. The predicted octanol–water partition coefficient (Wildman–Crippen LogP) is 3.58. The van der Waals surface area contributed by atoms with Gasteiger partial charge in [0.2, 0.25) is 0 Å². The Kier molecular flexibility index (Phi) is 7.57. The highest BCUT2D eigenvalue weighted by Gasteiger charge is 2.22. The van der Waals surface area contributed by atoms with Crippen LogP contribution in [0, 0.1) is 0 Å². The van der Waals surface area contributed by atoms with Crippen molar-refractivity contribution in [2.75, 3.05) is 59.0 Å². The first-order valence-corrected chi connectivity index (χ1v) is 10.1. The van der Waals surface area contributed by atoms with E-state index >= 15 is 0 Å². The summed E-state index contributed by atoms with van der Waals surface area (Å²) in [5.74, 6) is 0.879. The number of hydrogen-bond donors (Lipinski definition) is 1. The second-order valence-corrected chi connectivity index (χ2v) is 7.61. The molecule has 3 rings (SSSR count). The zero-order chi connectivity index (χ0) is 19.9. The number of halogens is 1. The molecule has 0 amide bonds. The molecular weight excluding hydrogens is 374 g/mol. The van der Waals surface area contributed by atoms with Crippen LogP contribution in [0.25, 0.3) is 0 Å². The van der Waals surface area contributed by atoms with Gasteiger partial charge in [-0.2, -0.15) is 0 Å². The molecule has 0 unspecified atom stereocenters. The van der Waals surface area contributed by atoms with Crippen LogP contribution in [-0.2, 0) is 11.3 Å². The van der Waals surface area contributed by atoms with Gasteiger partial charge in [0.1, 0.15) is 5.75 Å². The number of morpholine rings is 1. The molecule has 6 heteroatoms. The molecule has 152 valence electrons. The van der Waals surface area contributed by atoms with Gasteiger partial charge in [0.05, 0.1) is 20.3 Å². The third-order valence-electron chi connectivity index (χ3n) is 5.20. The first-order valence-electron chi connectivity index (χ1n) is 9.71. The molecule has 1 N–H and O–H groups in total. The summed E-state index contributed by atoms with van der Waals surface area (Å²) in [4.78, 5) is 4.59. The molecule has 1 aliphatic heterocycles.